The number of carbonyl (C=O) groups is 2. The molecule has 1 aliphatic rings. The minimum absolute atomic E-state index is 0.0937. The fourth-order valence-electron chi connectivity index (χ4n) is 2.62. The van der Waals surface area contributed by atoms with Gasteiger partial charge in [0.25, 0.3) is 5.91 Å². The number of carboxylic acid groups (broad SMARTS) is 1. The van der Waals surface area contributed by atoms with Crippen LogP contribution in [0, 0.1) is 5.92 Å². The highest BCUT2D eigenvalue weighted by Gasteiger charge is 2.39. The monoisotopic (exact) mass is 328 g/mol. The lowest BCUT2D eigenvalue weighted by Crippen LogP contribution is -2.38. The lowest BCUT2D eigenvalue weighted by Gasteiger charge is -2.23. The number of likely N-dealkylation sites (tertiary alicyclic amines) is 1. The Morgan fingerprint density at radius 3 is 2.74 bits per heavy atom. The highest BCUT2D eigenvalue weighted by Crippen LogP contribution is 2.27. The summed E-state index contributed by atoms with van der Waals surface area (Å²) in [6.07, 6.45) is 2.39. The summed E-state index contributed by atoms with van der Waals surface area (Å²) in [6.45, 7) is 4.98. The molecule has 1 aliphatic heterocycles. The third-order valence-electron chi connectivity index (χ3n) is 3.76. The second kappa shape index (κ2) is 5.36. The van der Waals surface area contributed by atoms with Gasteiger partial charge in [-0.15, -0.1) is 0 Å². The number of rotatable bonds is 3. The van der Waals surface area contributed by atoms with Crippen LogP contribution in [0.3, 0.4) is 0 Å². The van der Waals surface area contributed by atoms with E-state index in [1.54, 1.807) is 17.9 Å². The van der Waals surface area contributed by atoms with Crippen molar-refractivity contribution in [3.8, 4) is 0 Å². The van der Waals surface area contributed by atoms with Gasteiger partial charge < -0.3 is 14.6 Å². The van der Waals surface area contributed by atoms with Crippen LogP contribution in [0.5, 0.6) is 0 Å². The summed E-state index contributed by atoms with van der Waals surface area (Å²) in [5.74, 6) is -1.38. The first kappa shape index (κ1) is 14.1. The molecule has 0 aromatic carbocycles. The Kier molecular flexibility index (Phi) is 3.99. The molecule has 5 nitrogen and oxygen atoms in total. The zero-order valence-electron chi connectivity index (χ0n) is 11.0. The van der Waals surface area contributed by atoms with Crippen LogP contribution < -0.4 is 0 Å². The first-order valence-electron chi connectivity index (χ1n) is 6.35. The Labute approximate surface area is 120 Å². The van der Waals surface area contributed by atoms with E-state index in [1.165, 1.54) is 0 Å². The van der Waals surface area contributed by atoms with Crippen molar-refractivity contribution in [3.05, 3.63) is 22.4 Å². The molecule has 2 heterocycles. The molecule has 0 spiro atoms. The molecular weight excluding hydrogens is 312 g/mol. The molecule has 2 rings (SSSR count). The van der Waals surface area contributed by atoms with Crippen molar-refractivity contribution < 1.29 is 14.7 Å². The zero-order valence-corrected chi connectivity index (χ0v) is 12.6. The number of nitrogens with zero attached hydrogens (tertiary/aromatic N) is 2. The van der Waals surface area contributed by atoms with Gasteiger partial charge in [0.05, 0.1) is 5.92 Å². The predicted octanol–water partition coefficient (Wildman–Crippen LogP) is 2.21. The third-order valence-corrected chi connectivity index (χ3v) is 4.19. The molecule has 1 aromatic heterocycles. The molecule has 1 amide bonds. The topological polar surface area (TPSA) is 62.5 Å². The summed E-state index contributed by atoms with van der Waals surface area (Å²) in [5, 5.41) is 9.11. The standard InChI is InChI=1S/C13H17BrN2O3/c1-3-15-7-9(14)6-11(15)12(17)16-5-4-10(8(16)2)13(18)19/h6-8,10H,3-5H2,1-2H3,(H,18,19). The van der Waals surface area contributed by atoms with Gasteiger partial charge in [-0.25, -0.2) is 0 Å². The molecule has 104 valence electrons. The Bertz CT molecular complexity index is 512. The van der Waals surface area contributed by atoms with Gasteiger partial charge in [0.1, 0.15) is 5.69 Å². The fourth-order valence-corrected chi connectivity index (χ4v) is 3.08. The number of aliphatic carboxylic acids is 1. The van der Waals surface area contributed by atoms with Crippen molar-refractivity contribution in [1.29, 1.82) is 0 Å². The van der Waals surface area contributed by atoms with Crippen LogP contribution in [-0.2, 0) is 11.3 Å². The summed E-state index contributed by atoms with van der Waals surface area (Å²) in [6, 6.07) is 1.52. The number of hydrogen-bond acceptors (Lipinski definition) is 2. The molecule has 6 heteroatoms. The van der Waals surface area contributed by atoms with Crippen molar-refractivity contribution in [3.63, 3.8) is 0 Å². The van der Waals surface area contributed by atoms with Gasteiger partial charge in [-0.3, -0.25) is 9.59 Å². The van der Waals surface area contributed by atoms with Crippen LogP contribution in [-0.4, -0.2) is 39.0 Å². The van der Waals surface area contributed by atoms with E-state index < -0.39 is 11.9 Å². The summed E-state index contributed by atoms with van der Waals surface area (Å²) in [4.78, 5) is 25.3. The molecule has 1 aromatic rings. The highest BCUT2D eigenvalue weighted by atomic mass is 79.9. The van der Waals surface area contributed by atoms with E-state index in [1.807, 2.05) is 17.7 Å². The second-order valence-electron chi connectivity index (χ2n) is 4.80. The molecule has 2 atom stereocenters. The van der Waals surface area contributed by atoms with Crippen LogP contribution in [0.1, 0.15) is 30.8 Å². The summed E-state index contributed by atoms with van der Waals surface area (Å²) >= 11 is 3.37. The number of halogens is 1. The molecule has 1 N–H and O–H groups in total. The largest absolute Gasteiger partial charge is 0.481 e. The van der Waals surface area contributed by atoms with Crippen molar-refractivity contribution in [2.24, 2.45) is 5.92 Å². The number of carboxylic acids is 1. The van der Waals surface area contributed by atoms with Crippen molar-refractivity contribution >= 4 is 27.8 Å². The normalized spacial score (nSPS) is 22.8. The first-order valence-corrected chi connectivity index (χ1v) is 7.14. The number of hydrogen-bond donors (Lipinski definition) is 1. The zero-order chi connectivity index (χ0) is 14.2. The maximum atomic E-state index is 12.5. The Morgan fingerprint density at radius 2 is 2.21 bits per heavy atom. The molecule has 1 fully saturated rings. The van der Waals surface area contributed by atoms with Gasteiger partial charge in [-0.1, -0.05) is 0 Å². The van der Waals surface area contributed by atoms with E-state index >= 15 is 0 Å². The Morgan fingerprint density at radius 1 is 1.53 bits per heavy atom. The minimum Gasteiger partial charge on any atom is -0.481 e. The van der Waals surface area contributed by atoms with Gasteiger partial charge >= 0.3 is 5.97 Å². The van der Waals surface area contributed by atoms with E-state index in [0.29, 0.717) is 25.2 Å². The number of carbonyl (C=O) groups excluding carboxylic acids is 1. The lowest BCUT2D eigenvalue weighted by atomic mass is 10.0. The SMILES string of the molecule is CCn1cc(Br)cc1C(=O)N1CCC(C(=O)O)C1C. The van der Waals surface area contributed by atoms with Gasteiger partial charge in [-0.05, 0) is 42.3 Å². The maximum Gasteiger partial charge on any atom is 0.308 e. The summed E-state index contributed by atoms with van der Waals surface area (Å²) < 4.78 is 2.73. The van der Waals surface area contributed by atoms with Gasteiger partial charge in [0.15, 0.2) is 0 Å². The van der Waals surface area contributed by atoms with Crippen LogP contribution in [0.2, 0.25) is 0 Å². The fraction of sp³-hybridized carbons (Fsp3) is 0.538. The minimum atomic E-state index is -0.824. The maximum absolute atomic E-state index is 12.5. The third kappa shape index (κ3) is 2.54. The number of amides is 1. The van der Waals surface area contributed by atoms with Crippen molar-refractivity contribution in [2.45, 2.75) is 32.9 Å². The quantitative estimate of drug-likeness (QED) is 0.925. The van der Waals surface area contributed by atoms with E-state index in [-0.39, 0.29) is 11.9 Å². The Hall–Kier alpha value is -1.30. The van der Waals surface area contributed by atoms with Gasteiger partial charge in [0.2, 0.25) is 0 Å². The van der Waals surface area contributed by atoms with Gasteiger partial charge in [0, 0.05) is 29.8 Å². The summed E-state index contributed by atoms with van der Waals surface area (Å²) in [5.41, 5.74) is 0.604. The van der Waals surface area contributed by atoms with Crippen molar-refractivity contribution in [2.75, 3.05) is 6.54 Å². The van der Waals surface area contributed by atoms with Crippen LogP contribution in [0.4, 0.5) is 0 Å². The smallest absolute Gasteiger partial charge is 0.308 e. The van der Waals surface area contributed by atoms with Crippen LogP contribution >= 0.6 is 15.9 Å². The molecule has 1 saturated heterocycles. The van der Waals surface area contributed by atoms with E-state index in [0.717, 1.165) is 4.47 Å². The molecule has 0 radical (unpaired) electrons. The average Bonchev–Trinajstić information content (AvgIpc) is 2.91. The van der Waals surface area contributed by atoms with E-state index in [9.17, 15) is 9.59 Å². The van der Waals surface area contributed by atoms with Crippen LogP contribution in [0.25, 0.3) is 0 Å². The number of aromatic nitrogens is 1. The van der Waals surface area contributed by atoms with E-state index in [2.05, 4.69) is 15.9 Å². The molecule has 19 heavy (non-hydrogen) atoms. The molecule has 2 unspecified atom stereocenters. The van der Waals surface area contributed by atoms with Crippen molar-refractivity contribution in [1.82, 2.24) is 9.47 Å². The van der Waals surface area contributed by atoms with Gasteiger partial charge in [-0.2, -0.15) is 0 Å². The van der Waals surface area contributed by atoms with Crippen LogP contribution in [0.15, 0.2) is 16.7 Å². The molecule has 0 aliphatic carbocycles. The lowest BCUT2D eigenvalue weighted by molar-refractivity contribution is -0.142. The predicted molar refractivity (Wildman–Crippen MR) is 74.0 cm³/mol. The average molecular weight is 329 g/mol. The highest BCUT2D eigenvalue weighted by molar-refractivity contribution is 9.10. The summed E-state index contributed by atoms with van der Waals surface area (Å²) in [7, 11) is 0. The second-order valence-corrected chi connectivity index (χ2v) is 5.72. The molecular formula is C13H17BrN2O3. The molecule has 0 bridgehead atoms. The Balaban J connectivity index is 2.23. The number of aryl methyl sites for hydroxylation is 1. The first-order chi connectivity index (χ1) is 8.95. The molecule has 0 saturated carbocycles. The van der Waals surface area contributed by atoms with E-state index in [4.69, 9.17) is 5.11 Å².